The van der Waals surface area contributed by atoms with Crippen LogP contribution in [0.3, 0.4) is 0 Å². The lowest BCUT2D eigenvalue weighted by Crippen LogP contribution is -2.36. The van der Waals surface area contributed by atoms with Crippen molar-refractivity contribution in [2.75, 3.05) is 12.4 Å². The second-order valence-corrected chi connectivity index (χ2v) is 6.55. The van der Waals surface area contributed by atoms with Crippen molar-refractivity contribution in [2.45, 2.75) is 26.3 Å². The fourth-order valence-corrected chi connectivity index (χ4v) is 2.79. The van der Waals surface area contributed by atoms with Gasteiger partial charge in [0.15, 0.2) is 24.3 Å². The number of ether oxygens (including phenoxy) is 1. The highest BCUT2D eigenvalue weighted by atomic mass is 16.5. The molecule has 3 rings (SSSR count). The summed E-state index contributed by atoms with van der Waals surface area (Å²) in [6.45, 7) is 4.03. The highest BCUT2D eigenvalue weighted by Crippen LogP contribution is 2.39. The first-order valence-corrected chi connectivity index (χ1v) is 8.55. The van der Waals surface area contributed by atoms with Crippen molar-refractivity contribution in [1.82, 2.24) is 9.97 Å². The second kappa shape index (κ2) is 8.05. The minimum Gasteiger partial charge on any atom is -0.496 e. The number of carbonyl (C=O) groups excluding carboxylic acids is 1. The molecule has 0 spiro atoms. The molecule has 0 aliphatic carbocycles. The minimum atomic E-state index is -0.618. The minimum absolute atomic E-state index is 0.279. The lowest BCUT2D eigenvalue weighted by atomic mass is 10.0. The van der Waals surface area contributed by atoms with E-state index in [1.807, 2.05) is 13.8 Å². The Morgan fingerprint density at radius 1 is 1.15 bits per heavy atom. The predicted molar refractivity (Wildman–Crippen MR) is 100 cm³/mol. The molecule has 142 valence electrons. The number of benzene rings is 1. The van der Waals surface area contributed by atoms with Crippen LogP contribution in [0.15, 0.2) is 46.1 Å². The molecule has 0 bridgehead atoms. The van der Waals surface area contributed by atoms with Gasteiger partial charge in [0.2, 0.25) is 5.91 Å². The van der Waals surface area contributed by atoms with E-state index in [-0.39, 0.29) is 5.91 Å². The third-order valence-electron chi connectivity index (χ3n) is 4.06. The summed E-state index contributed by atoms with van der Waals surface area (Å²) in [5.41, 5.74) is 7.82. The quantitative estimate of drug-likeness (QED) is 0.655. The van der Waals surface area contributed by atoms with E-state index in [9.17, 15) is 4.79 Å². The molecule has 2 heterocycles. The molecule has 0 aliphatic rings. The number of anilines is 1. The Balaban J connectivity index is 2.03. The molecule has 1 aromatic carbocycles. The number of oxazole rings is 2. The van der Waals surface area contributed by atoms with Crippen LogP contribution in [0, 0.1) is 5.92 Å². The summed E-state index contributed by atoms with van der Waals surface area (Å²) in [7, 11) is 1.54. The Kier molecular flexibility index (Phi) is 5.56. The van der Waals surface area contributed by atoms with Crippen molar-refractivity contribution in [1.29, 1.82) is 0 Å². The van der Waals surface area contributed by atoms with Gasteiger partial charge in [-0.25, -0.2) is 9.97 Å². The zero-order chi connectivity index (χ0) is 19.4. The molecule has 3 aromatic rings. The summed E-state index contributed by atoms with van der Waals surface area (Å²) in [5.74, 6) is 1.57. The molecular weight excluding hydrogens is 348 g/mol. The number of nitrogens with one attached hydrogen (secondary N) is 1. The van der Waals surface area contributed by atoms with E-state index >= 15 is 0 Å². The molecule has 0 saturated carbocycles. The van der Waals surface area contributed by atoms with Crippen LogP contribution in [-0.2, 0) is 4.79 Å². The molecule has 27 heavy (non-hydrogen) atoms. The molecule has 0 unspecified atom stereocenters. The van der Waals surface area contributed by atoms with E-state index in [1.165, 1.54) is 12.8 Å². The van der Waals surface area contributed by atoms with E-state index in [1.54, 1.807) is 31.6 Å². The predicted octanol–water partition coefficient (Wildman–Crippen LogP) is 3.32. The topological polar surface area (TPSA) is 116 Å². The summed E-state index contributed by atoms with van der Waals surface area (Å²) < 4.78 is 16.3. The number of amides is 1. The number of nitrogens with zero attached hydrogens (tertiary/aromatic N) is 2. The van der Waals surface area contributed by atoms with Gasteiger partial charge in [-0.2, -0.15) is 0 Å². The van der Waals surface area contributed by atoms with Gasteiger partial charge in [0, 0.05) is 11.6 Å². The van der Waals surface area contributed by atoms with Crippen molar-refractivity contribution in [2.24, 2.45) is 11.7 Å². The van der Waals surface area contributed by atoms with Gasteiger partial charge in [-0.3, -0.25) is 4.79 Å². The van der Waals surface area contributed by atoms with Crippen molar-refractivity contribution in [3.8, 4) is 28.4 Å². The van der Waals surface area contributed by atoms with Gasteiger partial charge >= 0.3 is 0 Å². The van der Waals surface area contributed by atoms with Crippen LogP contribution in [0.1, 0.15) is 20.3 Å². The number of carbonyl (C=O) groups is 1. The van der Waals surface area contributed by atoms with Crippen molar-refractivity contribution in [3.63, 3.8) is 0 Å². The van der Waals surface area contributed by atoms with Crippen LogP contribution < -0.4 is 15.8 Å². The van der Waals surface area contributed by atoms with Crippen LogP contribution in [0.25, 0.3) is 22.6 Å². The van der Waals surface area contributed by atoms with Gasteiger partial charge in [-0.1, -0.05) is 13.8 Å². The number of hydrogen-bond donors (Lipinski definition) is 2. The zero-order valence-electron chi connectivity index (χ0n) is 15.4. The van der Waals surface area contributed by atoms with Crippen molar-refractivity contribution >= 4 is 11.6 Å². The highest BCUT2D eigenvalue weighted by Gasteiger charge is 2.21. The van der Waals surface area contributed by atoms with E-state index < -0.39 is 6.04 Å². The molecule has 8 nitrogen and oxygen atoms in total. The molecule has 1 amide bonds. The first-order valence-electron chi connectivity index (χ1n) is 8.55. The Morgan fingerprint density at radius 3 is 2.30 bits per heavy atom. The molecule has 0 radical (unpaired) electrons. The molecule has 3 N–H and O–H groups in total. The van der Waals surface area contributed by atoms with Crippen LogP contribution in [-0.4, -0.2) is 29.0 Å². The number of rotatable bonds is 7. The van der Waals surface area contributed by atoms with Gasteiger partial charge < -0.3 is 24.6 Å². The number of aromatic nitrogens is 2. The Morgan fingerprint density at radius 2 is 1.78 bits per heavy atom. The Hall–Kier alpha value is -3.13. The maximum Gasteiger partial charge on any atom is 0.241 e. The molecule has 8 heteroatoms. The largest absolute Gasteiger partial charge is 0.496 e. The molecule has 0 aliphatic heterocycles. The average Bonchev–Trinajstić information content (AvgIpc) is 3.34. The van der Waals surface area contributed by atoms with E-state index in [0.29, 0.717) is 46.4 Å². The van der Waals surface area contributed by atoms with E-state index in [4.69, 9.17) is 19.3 Å². The van der Waals surface area contributed by atoms with Crippen molar-refractivity contribution < 1.29 is 18.4 Å². The summed E-state index contributed by atoms with van der Waals surface area (Å²) in [6.07, 6.45) is 6.39. The molecular formula is C19H22N4O4. The lowest BCUT2D eigenvalue weighted by Gasteiger charge is -2.17. The second-order valence-electron chi connectivity index (χ2n) is 6.55. The normalized spacial score (nSPS) is 12.2. The summed E-state index contributed by atoms with van der Waals surface area (Å²) in [5, 5.41) is 2.87. The average molecular weight is 370 g/mol. The first-order chi connectivity index (χ1) is 13.0. The van der Waals surface area contributed by atoms with Crippen molar-refractivity contribution in [3.05, 3.63) is 37.3 Å². The standard InChI is InChI=1S/C19H22N4O4/c1-11(2)4-14(20)19(24)23-15-6-16(25-3)13(18-8-22-10-27-18)5-12(15)17-7-21-9-26-17/h5-11,14H,4,20H2,1-3H3,(H,23,24)/t14-/m1/s1. The van der Waals surface area contributed by atoms with Crippen LogP contribution in [0.2, 0.25) is 0 Å². The van der Waals surface area contributed by atoms with Crippen LogP contribution in [0.5, 0.6) is 5.75 Å². The molecule has 2 aromatic heterocycles. The first kappa shape index (κ1) is 18.7. The lowest BCUT2D eigenvalue weighted by molar-refractivity contribution is -0.117. The highest BCUT2D eigenvalue weighted by molar-refractivity contribution is 5.99. The van der Waals surface area contributed by atoms with Gasteiger partial charge in [0.25, 0.3) is 0 Å². The fraction of sp³-hybridized carbons (Fsp3) is 0.316. The SMILES string of the molecule is COc1cc(NC(=O)[C@H](N)CC(C)C)c(-c2cnco2)cc1-c1cnco1. The summed E-state index contributed by atoms with van der Waals surface area (Å²) in [4.78, 5) is 20.4. The van der Waals surface area contributed by atoms with Gasteiger partial charge in [0.1, 0.15) is 5.75 Å². The van der Waals surface area contributed by atoms with Gasteiger partial charge in [0.05, 0.1) is 36.8 Å². The van der Waals surface area contributed by atoms with E-state index in [0.717, 1.165) is 0 Å². The Bertz CT molecular complexity index is 889. The van der Waals surface area contributed by atoms with Gasteiger partial charge in [-0.15, -0.1) is 0 Å². The summed E-state index contributed by atoms with van der Waals surface area (Å²) >= 11 is 0. The van der Waals surface area contributed by atoms with Crippen LogP contribution in [0.4, 0.5) is 5.69 Å². The number of nitrogens with two attached hydrogens (primary N) is 1. The van der Waals surface area contributed by atoms with Gasteiger partial charge in [-0.05, 0) is 18.4 Å². The third-order valence-corrected chi connectivity index (χ3v) is 4.06. The number of methoxy groups -OCH3 is 1. The molecule has 0 saturated heterocycles. The maximum atomic E-state index is 12.5. The van der Waals surface area contributed by atoms with Crippen LogP contribution >= 0.6 is 0 Å². The maximum absolute atomic E-state index is 12.5. The smallest absolute Gasteiger partial charge is 0.241 e. The monoisotopic (exact) mass is 370 g/mol. The zero-order valence-corrected chi connectivity index (χ0v) is 15.4. The molecule has 1 atom stereocenters. The summed E-state index contributed by atoms with van der Waals surface area (Å²) in [6, 6.07) is 2.88. The fourth-order valence-electron chi connectivity index (χ4n) is 2.79. The van der Waals surface area contributed by atoms with E-state index in [2.05, 4.69) is 15.3 Å². The third kappa shape index (κ3) is 4.17. The number of hydrogen-bond acceptors (Lipinski definition) is 7. The Labute approximate surface area is 156 Å². The molecule has 0 fully saturated rings.